The summed E-state index contributed by atoms with van der Waals surface area (Å²) in [5.41, 5.74) is 2.26. The Morgan fingerprint density at radius 3 is 2.72 bits per heavy atom. The number of aliphatic hydroxyl groups is 2. The van der Waals surface area contributed by atoms with Gasteiger partial charge in [0.25, 0.3) is 5.56 Å². The number of halogens is 1. The number of aliphatic hydroxyl groups excluding tert-OH is 2. The topological polar surface area (TPSA) is 109 Å². The molecule has 1 aromatic carbocycles. The number of hydroxylamine groups is 1. The van der Waals surface area contributed by atoms with Crippen molar-refractivity contribution in [2.45, 2.75) is 32.6 Å². The first-order valence-electron chi connectivity index (χ1n) is 9.00. The van der Waals surface area contributed by atoms with Crippen LogP contribution in [0.4, 0.5) is 15.9 Å². The number of aromatic nitrogens is 1. The third-order valence-corrected chi connectivity index (χ3v) is 4.51. The minimum absolute atomic E-state index is 0.126. The van der Waals surface area contributed by atoms with Crippen molar-refractivity contribution in [2.24, 2.45) is 7.05 Å². The predicted molar refractivity (Wildman–Crippen MR) is 106 cm³/mol. The first-order chi connectivity index (χ1) is 13.6. The predicted octanol–water partition coefficient (Wildman–Crippen LogP) is 2.61. The van der Waals surface area contributed by atoms with Crippen molar-refractivity contribution in [2.75, 3.05) is 11.9 Å². The van der Waals surface area contributed by atoms with Gasteiger partial charge in [-0.15, -0.1) is 0 Å². The summed E-state index contributed by atoms with van der Waals surface area (Å²) in [6, 6.07) is 6.10. The van der Waals surface area contributed by atoms with E-state index in [9.17, 15) is 19.4 Å². The van der Waals surface area contributed by atoms with Crippen LogP contribution >= 0.6 is 0 Å². The van der Waals surface area contributed by atoms with Gasteiger partial charge in [0.2, 0.25) is 0 Å². The molecule has 0 bridgehead atoms. The molecule has 0 spiro atoms. The summed E-state index contributed by atoms with van der Waals surface area (Å²) in [5.74, 6) is -0.381. The maximum absolute atomic E-state index is 14.4. The zero-order valence-electron chi connectivity index (χ0n) is 16.6. The zero-order chi connectivity index (χ0) is 21.3. The second kappa shape index (κ2) is 7.96. The molecule has 1 unspecified atom stereocenters. The highest BCUT2D eigenvalue weighted by Crippen LogP contribution is 2.32. The van der Waals surface area contributed by atoms with Crippen LogP contribution in [0.15, 0.2) is 39.7 Å². The van der Waals surface area contributed by atoms with Gasteiger partial charge in [0.05, 0.1) is 29.5 Å². The minimum atomic E-state index is -1.45. The molecule has 8 nitrogen and oxygen atoms in total. The van der Waals surface area contributed by atoms with Gasteiger partial charge in [-0.1, -0.05) is 6.07 Å². The molecule has 0 fully saturated rings. The molecule has 0 aliphatic carbocycles. The summed E-state index contributed by atoms with van der Waals surface area (Å²) in [5, 5.41) is 23.2. The Hall–Kier alpha value is -2.72. The average molecular weight is 405 g/mol. The van der Waals surface area contributed by atoms with Gasteiger partial charge in [0.15, 0.2) is 6.23 Å². The number of nitrogens with one attached hydrogen (secondary N) is 2. The second-order valence-corrected chi connectivity index (χ2v) is 7.44. The molecule has 4 N–H and O–H groups in total. The number of fused-ring (bicyclic) bond motifs is 1. The Bertz CT molecular complexity index is 1090. The van der Waals surface area contributed by atoms with Gasteiger partial charge in [-0.3, -0.25) is 14.2 Å². The largest absolute Gasteiger partial charge is 0.464 e. The van der Waals surface area contributed by atoms with Gasteiger partial charge in [0, 0.05) is 7.05 Å². The maximum atomic E-state index is 14.4. The Balaban J connectivity index is 2.11. The molecular formula is C20H24FN3O5. The van der Waals surface area contributed by atoms with Crippen LogP contribution < -0.4 is 16.4 Å². The number of hydrogen-bond acceptors (Lipinski definition) is 7. The molecule has 0 aliphatic heterocycles. The molecule has 2 heterocycles. The Morgan fingerprint density at radius 2 is 2.07 bits per heavy atom. The number of benzene rings is 1. The van der Waals surface area contributed by atoms with Crippen molar-refractivity contribution in [3.8, 4) is 0 Å². The standard InChI is InChI=1S/C20H24FN3O5/c1-11-5-6-14(13(21)9-11)22-17-15(18(26)23-29-20(2,3)10-25)16-12(7-8-28-16)19(27)24(17)4/h5-9,18,22-23,25-26H,10H2,1-4H3. The van der Waals surface area contributed by atoms with Crippen molar-refractivity contribution in [1.29, 1.82) is 0 Å². The van der Waals surface area contributed by atoms with E-state index in [4.69, 9.17) is 9.25 Å². The monoisotopic (exact) mass is 405 g/mol. The van der Waals surface area contributed by atoms with Crippen LogP contribution in [0.5, 0.6) is 0 Å². The lowest BCUT2D eigenvalue weighted by Gasteiger charge is -2.26. The lowest BCUT2D eigenvalue weighted by atomic mass is 10.1. The van der Waals surface area contributed by atoms with Crippen molar-refractivity contribution >= 4 is 22.5 Å². The average Bonchev–Trinajstić information content (AvgIpc) is 3.15. The van der Waals surface area contributed by atoms with Crippen molar-refractivity contribution in [3.63, 3.8) is 0 Å². The lowest BCUT2D eigenvalue weighted by molar-refractivity contribution is -0.155. The summed E-state index contributed by atoms with van der Waals surface area (Å²) >= 11 is 0. The third kappa shape index (κ3) is 4.18. The van der Waals surface area contributed by atoms with E-state index in [1.54, 1.807) is 26.8 Å². The van der Waals surface area contributed by atoms with Gasteiger partial charge in [-0.05, 0) is 44.5 Å². The van der Waals surface area contributed by atoms with Crippen LogP contribution in [0.3, 0.4) is 0 Å². The van der Waals surface area contributed by atoms with Crippen molar-refractivity contribution in [1.82, 2.24) is 10.0 Å². The number of furan rings is 1. The number of nitrogens with zero attached hydrogens (tertiary/aromatic N) is 1. The van der Waals surface area contributed by atoms with Crippen LogP contribution in [-0.2, 0) is 11.9 Å². The van der Waals surface area contributed by atoms with E-state index >= 15 is 0 Å². The van der Waals surface area contributed by atoms with E-state index in [1.807, 2.05) is 0 Å². The molecule has 0 radical (unpaired) electrons. The minimum Gasteiger partial charge on any atom is -0.464 e. The lowest BCUT2D eigenvalue weighted by Crippen LogP contribution is -2.38. The van der Waals surface area contributed by atoms with Gasteiger partial charge in [-0.25, -0.2) is 4.39 Å². The fraction of sp³-hybridized carbons (Fsp3) is 0.350. The van der Waals surface area contributed by atoms with Gasteiger partial charge < -0.3 is 19.9 Å². The molecule has 9 heteroatoms. The molecule has 1 atom stereocenters. The highest BCUT2D eigenvalue weighted by Gasteiger charge is 2.26. The van der Waals surface area contributed by atoms with E-state index in [-0.39, 0.29) is 40.2 Å². The quantitative estimate of drug-likeness (QED) is 0.353. The zero-order valence-corrected chi connectivity index (χ0v) is 16.6. The van der Waals surface area contributed by atoms with Crippen LogP contribution in [-0.4, -0.2) is 27.0 Å². The number of hydrogen-bond donors (Lipinski definition) is 4. The first-order valence-corrected chi connectivity index (χ1v) is 9.00. The van der Waals surface area contributed by atoms with E-state index in [1.165, 1.54) is 36.1 Å². The van der Waals surface area contributed by atoms with Gasteiger partial charge in [0.1, 0.15) is 22.8 Å². The highest BCUT2D eigenvalue weighted by atomic mass is 19.1. The van der Waals surface area contributed by atoms with Crippen LogP contribution in [0, 0.1) is 12.7 Å². The van der Waals surface area contributed by atoms with E-state index in [0.717, 1.165) is 5.56 Å². The van der Waals surface area contributed by atoms with Gasteiger partial charge >= 0.3 is 0 Å². The Labute approximate surface area is 166 Å². The Morgan fingerprint density at radius 1 is 1.34 bits per heavy atom. The van der Waals surface area contributed by atoms with E-state index in [2.05, 4.69) is 10.8 Å². The van der Waals surface area contributed by atoms with Crippen LogP contribution in [0.1, 0.15) is 31.2 Å². The molecule has 0 amide bonds. The van der Waals surface area contributed by atoms with E-state index in [0.29, 0.717) is 0 Å². The number of pyridine rings is 1. The maximum Gasteiger partial charge on any atom is 0.263 e. The fourth-order valence-corrected chi connectivity index (χ4v) is 2.82. The molecule has 2 aromatic heterocycles. The van der Waals surface area contributed by atoms with Crippen molar-refractivity contribution < 1.29 is 23.9 Å². The molecule has 0 saturated heterocycles. The summed E-state index contributed by atoms with van der Waals surface area (Å²) < 4.78 is 21.1. The number of anilines is 2. The SMILES string of the molecule is Cc1ccc(Nc2c(C(O)NOC(C)(C)CO)c3occc3c(=O)n2C)c(F)c1. The summed E-state index contributed by atoms with van der Waals surface area (Å²) in [4.78, 5) is 18.0. The third-order valence-electron chi connectivity index (χ3n) is 4.51. The molecular weight excluding hydrogens is 381 g/mol. The second-order valence-electron chi connectivity index (χ2n) is 7.44. The summed E-state index contributed by atoms with van der Waals surface area (Å²) in [7, 11) is 1.50. The summed E-state index contributed by atoms with van der Waals surface area (Å²) in [6.45, 7) is 4.71. The molecule has 0 aliphatic rings. The smallest absolute Gasteiger partial charge is 0.263 e. The molecule has 29 heavy (non-hydrogen) atoms. The number of rotatable bonds is 7. The number of aryl methyl sites for hydroxylation is 1. The summed E-state index contributed by atoms with van der Waals surface area (Å²) in [6.07, 6.45) is -0.117. The molecule has 3 aromatic rings. The van der Waals surface area contributed by atoms with Crippen molar-refractivity contribution in [3.05, 3.63) is 57.8 Å². The van der Waals surface area contributed by atoms with Crippen LogP contribution in [0.2, 0.25) is 0 Å². The van der Waals surface area contributed by atoms with E-state index < -0.39 is 17.6 Å². The Kier molecular flexibility index (Phi) is 5.76. The highest BCUT2D eigenvalue weighted by molar-refractivity contribution is 5.85. The molecule has 156 valence electrons. The first kappa shape index (κ1) is 21.0. The normalized spacial score (nSPS) is 13.1. The van der Waals surface area contributed by atoms with Gasteiger partial charge in [-0.2, -0.15) is 5.48 Å². The molecule has 0 saturated carbocycles. The fourth-order valence-electron chi connectivity index (χ4n) is 2.82. The van der Waals surface area contributed by atoms with Crippen LogP contribution in [0.25, 0.3) is 11.0 Å². The molecule has 3 rings (SSSR count).